The van der Waals surface area contributed by atoms with Crippen molar-refractivity contribution in [2.75, 3.05) is 7.11 Å². The number of para-hydroxylation sites is 1. The Hall–Kier alpha value is -1.28. The van der Waals surface area contributed by atoms with Crippen LogP contribution in [0.1, 0.15) is 44.1 Å². The standard InChI is InChI=1S/C17H22O2/c1-19-17-10-4-5-13(12-17)8-9-15(17)11-14-6-2-3-7-16(14)18/h2-3,6-7,11,13,18H,4-5,8-10,12H2,1H3. The van der Waals surface area contributed by atoms with Gasteiger partial charge in [0.1, 0.15) is 5.75 Å². The Balaban J connectivity index is 1.96. The molecule has 2 bridgehead atoms. The first-order chi connectivity index (χ1) is 9.23. The van der Waals surface area contributed by atoms with Gasteiger partial charge in [-0.2, -0.15) is 0 Å². The van der Waals surface area contributed by atoms with Gasteiger partial charge in [-0.3, -0.25) is 0 Å². The van der Waals surface area contributed by atoms with E-state index >= 15 is 0 Å². The molecule has 2 fully saturated rings. The monoisotopic (exact) mass is 258 g/mol. The highest BCUT2D eigenvalue weighted by Gasteiger charge is 2.42. The van der Waals surface area contributed by atoms with Crippen LogP contribution >= 0.6 is 0 Å². The van der Waals surface area contributed by atoms with Gasteiger partial charge in [-0.25, -0.2) is 0 Å². The van der Waals surface area contributed by atoms with Crippen molar-refractivity contribution in [3.05, 3.63) is 35.4 Å². The predicted octanol–water partition coefficient (Wildman–Crippen LogP) is 4.14. The zero-order chi connectivity index (χ0) is 13.3. The number of ether oxygens (including phenoxy) is 1. The van der Waals surface area contributed by atoms with E-state index in [1.165, 1.54) is 24.8 Å². The van der Waals surface area contributed by atoms with E-state index in [1.54, 1.807) is 6.07 Å². The molecule has 0 aromatic heterocycles. The molecule has 2 saturated carbocycles. The second kappa shape index (κ2) is 5.01. The molecule has 0 radical (unpaired) electrons. The van der Waals surface area contributed by atoms with Gasteiger partial charge in [0, 0.05) is 12.7 Å². The molecule has 0 saturated heterocycles. The summed E-state index contributed by atoms with van der Waals surface area (Å²) in [6.07, 6.45) is 9.42. The summed E-state index contributed by atoms with van der Waals surface area (Å²) in [6.45, 7) is 0. The lowest BCUT2D eigenvalue weighted by Gasteiger charge is -2.46. The van der Waals surface area contributed by atoms with E-state index in [0.717, 1.165) is 30.7 Å². The van der Waals surface area contributed by atoms with Gasteiger partial charge in [0.15, 0.2) is 0 Å². The van der Waals surface area contributed by atoms with Gasteiger partial charge < -0.3 is 9.84 Å². The zero-order valence-electron chi connectivity index (χ0n) is 11.6. The van der Waals surface area contributed by atoms with Crippen molar-refractivity contribution in [2.24, 2.45) is 5.92 Å². The molecule has 0 aliphatic heterocycles. The molecular weight excluding hydrogens is 236 g/mol. The highest BCUT2D eigenvalue weighted by molar-refractivity contribution is 5.61. The average molecular weight is 258 g/mol. The van der Waals surface area contributed by atoms with E-state index in [9.17, 15) is 5.11 Å². The molecule has 2 nitrogen and oxygen atoms in total. The third-order valence-electron chi connectivity index (χ3n) is 4.88. The maximum Gasteiger partial charge on any atom is 0.122 e. The quantitative estimate of drug-likeness (QED) is 0.863. The minimum Gasteiger partial charge on any atom is -0.507 e. The third-order valence-corrected chi connectivity index (χ3v) is 4.88. The molecule has 19 heavy (non-hydrogen) atoms. The Morgan fingerprint density at radius 3 is 2.95 bits per heavy atom. The molecule has 1 aromatic carbocycles. The normalized spacial score (nSPS) is 32.5. The summed E-state index contributed by atoms with van der Waals surface area (Å²) >= 11 is 0. The van der Waals surface area contributed by atoms with Crippen molar-refractivity contribution in [3.8, 4) is 5.75 Å². The number of rotatable bonds is 2. The third kappa shape index (κ3) is 2.30. The molecule has 0 heterocycles. The number of phenols is 1. The van der Waals surface area contributed by atoms with E-state index in [-0.39, 0.29) is 5.60 Å². The Bertz CT molecular complexity index is 492. The van der Waals surface area contributed by atoms with Crippen LogP contribution in [0.15, 0.2) is 29.8 Å². The lowest BCUT2D eigenvalue weighted by atomic mass is 9.66. The molecule has 2 heteroatoms. The van der Waals surface area contributed by atoms with Crippen LogP contribution in [0.2, 0.25) is 0 Å². The van der Waals surface area contributed by atoms with Crippen LogP contribution in [0.25, 0.3) is 6.08 Å². The summed E-state index contributed by atoms with van der Waals surface area (Å²) in [7, 11) is 1.84. The first-order valence-corrected chi connectivity index (χ1v) is 7.28. The van der Waals surface area contributed by atoms with Gasteiger partial charge in [-0.1, -0.05) is 24.6 Å². The molecule has 2 atom stereocenters. The average Bonchev–Trinajstić information content (AvgIpc) is 2.44. The first-order valence-electron chi connectivity index (χ1n) is 7.28. The van der Waals surface area contributed by atoms with Gasteiger partial charge in [0.25, 0.3) is 0 Å². The van der Waals surface area contributed by atoms with Gasteiger partial charge in [0.2, 0.25) is 0 Å². The minimum absolute atomic E-state index is 0.0660. The molecule has 0 spiro atoms. The minimum atomic E-state index is -0.0660. The van der Waals surface area contributed by atoms with Gasteiger partial charge in [-0.15, -0.1) is 0 Å². The van der Waals surface area contributed by atoms with Crippen molar-refractivity contribution in [1.82, 2.24) is 0 Å². The summed E-state index contributed by atoms with van der Waals surface area (Å²) < 4.78 is 5.92. The number of methoxy groups -OCH3 is 1. The van der Waals surface area contributed by atoms with Crippen LogP contribution < -0.4 is 0 Å². The molecule has 102 valence electrons. The predicted molar refractivity (Wildman–Crippen MR) is 77.0 cm³/mol. The maximum absolute atomic E-state index is 9.94. The summed E-state index contributed by atoms with van der Waals surface area (Å²) in [5.74, 6) is 1.19. The topological polar surface area (TPSA) is 29.5 Å². The van der Waals surface area contributed by atoms with Crippen LogP contribution in [0.4, 0.5) is 0 Å². The summed E-state index contributed by atoms with van der Waals surface area (Å²) in [5, 5.41) is 9.94. The second-order valence-corrected chi connectivity index (χ2v) is 5.93. The van der Waals surface area contributed by atoms with Gasteiger partial charge in [-0.05, 0) is 55.7 Å². The van der Waals surface area contributed by atoms with Crippen LogP contribution in [-0.4, -0.2) is 17.8 Å². The Morgan fingerprint density at radius 2 is 2.16 bits per heavy atom. The molecule has 3 rings (SSSR count). The summed E-state index contributed by atoms with van der Waals surface area (Å²) in [4.78, 5) is 0. The summed E-state index contributed by atoms with van der Waals surface area (Å²) in [6, 6.07) is 7.55. The molecule has 1 aromatic rings. The number of phenolic OH excluding ortho intramolecular Hbond substituents is 1. The Kier molecular flexibility index (Phi) is 3.36. The molecule has 2 aliphatic rings. The molecule has 1 N–H and O–H groups in total. The van der Waals surface area contributed by atoms with Crippen molar-refractivity contribution in [2.45, 2.75) is 44.1 Å². The molecule has 2 aliphatic carbocycles. The Labute approximate surface area is 115 Å². The molecular formula is C17H22O2. The van der Waals surface area contributed by atoms with Crippen molar-refractivity contribution in [3.63, 3.8) is 0 Å². The van der Waals surface area contributed by atoms with Crippen LogP contribution in [0.5, 0.6) is 5.75 Å². The first kappa shape index (κ1) is 12.7. The molecule has 0 amide bonds. The highest BCUT2D eigenvalue weighted by atomic mass is 16.5. The van der Waals surface area contributed by atoms with E-state index < -0.39 is 0 Å². The fraction of sp³-hybridized carbons (Fsp3) is 0.529. The van der Waals surface area contributed by atoms with E-state index in [0.29, 0.717) is 5.75 Å². The number of fused-ring (bicyclic) bond motifs is 2. The SMILES string of the molecule is COC12CCCC(CCC1=Cc1ccccc1O)C2. The highest BCUT2D eigenvalue weighted by Crippen LogP contribution is 2.48. The van der Waals surface area contributed by atoms with Gasteiger partial charge >= 0.3 is 0 Å². The van der Waals surface area contributed by atoms with E-state index in [4.69, 9.17) is 4.74 Å². The lowest BCUT2D eigenvalue weighted by molar-refractivity contribution is -0.0405. The van der Waals surface area contributed by atoms with Crippen LogP contribution in [-0.2, 0) is 4.74 Å². The number of hydrogen-bond donors (Lipinski definition) is 1. The van der Waals surface area contributed by atoms with Crippen molar-refractivity contribution >= 4 is 6.08 Å². The zero-order valence-corrected chi connectivity index (χ0v) is 11.6. The maximum atomic E-state index is 9.94. The number of hydrogen-bond acceptors (Lipinski definition) is 2. The van der Waals surface area contributed by atoms with Crippen molar-refractivity contribution < 1.29 is 9.84 Å². The van der Waals surface area contributed by atoms with E-state index in [1.807, 2.05) is 25.3 Å². The fourth-order valence-electron chi connectivity index (χ4n) is 3.79. The smallest absolute Gasteiger partial charge is 0.122 e. The van der Waals surface area contributed by atoms with E-state index in [2.05, 4.69) is 6.08 Å². The lowest BCUT2D eigenvalue weighted by Crippen LogP contribution is -2.42. The number of benzene rings is 1. The Morgan fingerprint density at radius 1 is 1.32 bits per heavy atom. The second-order valence-electron chi connectivity index (χ2n) is 5.93. The van der Waals surface area contributed by atoms with Crippen molar-refractivity contribution in [1.29, 1.82) is 0 Å². The van der Waals surface area contributed by atoms with Crippen LogP contribution in [0, 0.1) is 5.92 Å². The molecule has 2 unspecified atom stereocenters. The largest absolute Gasteiger partial charge is 0.507 e. The van der Waals surface area contributed by atoms with Gasteiger partial charge in [0.05, 0.1) is 5.60 Å². The fourth-order valence-corrected chi connectivity index (χ4v) is 3.79. The van der Waals surface area contributed by atoms with Crippen LogP contribution in [0.3, 0.4) is 0 Å². The summed E-state index contributed by atoms with van der Waals surface area (Å²) in [5.41, 5.74) is 2.22. The number of aromatic hydroxyl groups is 1.